The van der Waals surface area contributed by atoms with E-state index in [9.17, 15) is 8.42 Å². The van der Waals surface area contributed by atoms with E-state index in [2.05, 4.69) is 4.90 Å². The fourth-order valence-corrected chi connectivity index (χ4v) is 4.57. The van der Waals surface area contributed by atoms with Crippen molar-refractivity contribution in [1.82, 2.24) is 9.21 Å². The first-order valence-electron chi connectivity index (χ1n) is 9.64. The topological polar surface area (TPSA) is 59.1 Å². The van der Waals surface area contributed by atoms with Gasteiger partial charge in [0.15, 0.2) is 0 Å². The molecule has 0 unspecified atom stereocenters. The molecule has 1 fully saturated rings. The van der Waals surface area contributed by atoms with Crippen molar-refractivity contribution in [3.05, 3.63) is 54.1 Å². The molecule has 1 saturated heterocycles. The third-order valence-corrected chi connectivity index (χ3v) is 6.71. The van der Waals surface area contributed by atoms with Gasteiger partial charge in [-0.15, -0.1) is 0 Å². The van der Waals surface area contributed by atoms with Crippen LogP contribution < -0.4 is 9.47 Å². The molecule has 1 aliphatic heterocycles. The minimum atomic E-state index is -3.41. The Morgan fingerprint density at radius 1 is 0.857 bits per heavy atom. The van der Waals surface area contributed by atoms with Crippen LogP contribution in [-0.2, 0) is 10.0 Å². The summed E-state index contributed by atoms with van der Waals surface area (Å²) in [5.41, 5.74) is 1.05. The van der Waals surface area contributed by atoms with Crippen molar-refractivity contribution in [3.63, 3.8) is 0 Å². The van der Waals surface area contributed by atoms with Gasteiger partial charge in [-0.2, -0.15) is 4.31 Å². The van der Waals surface area contributed by atoms with Crippen molar-refractivity contribution in [2.75, 3.05) is 45.9 Å². The van der Waals surface area contributed by atoms with Crippen molar-refractivity contribution in [1.29, 1.82) is 0 Å². The van der Waals surface area contributed by atoms with E-state index in [4.69, 9.17) is 9.47 Å². The lowest BCUT2D eigenvalue weighted by Gasteiger charge is -2.33. The van der Waals surface area contributed by atoms with Gasteiger partial charge in [0, 0.05) is 32.7 Å². The Hall–Kier alpha value is -2.09. The van der Waals surface area contributed by atoms with E-state index in [-0.39, 0.29) is 0 Å². The maximum absolute atomic E-state index is 12.8. The van der Waals surface area contributed by atoms with Gasteiger partial charge in [0.05, 0.1) is 11.5 Å². The number of nitrogens with zero attached hydrogens (tertiary/aromatic N) is 2. The van der Waals surface area contributed by atoms with Crippen LogP contribution in [0.3, 0.4) is 0 Å². The molecular formula is C21H28N2O4S. The number of sulfonamides is 1. The number of hydrogen-bond donors (Lipinski definition) is 0. The zero-order valence-corrected chi connectivity index (χ0v) is 17.3. The third-order valence-electron chi connectivity index (χ3n) is 4.80. The van der Waals surface area contributed by atoms with Gasteiger partial charge in [-0.3, -0.25) is 4.90 Å². The van der Waals surface area contributed by atoms with Crippen molar-refractivity contribution >= 4 is 10.0 Å². The van der Waals surface area contributed by atoms with Crippen LogP contribution in [-0.4, -0.2) is 63.6 Å². The first-order chi connectivity index (χ1) is 13.5. The van der Waals surface area contributed by atoms with Gasteiger partial charge < -0.3 is 9.47 Å². The first kappa shape index (κ1) is 20.6. The highest BCUT2D eigenvalue weighted by Gasteiger charge is 2.28. The Morgan fingerprint density at radius 3 is 2.00 bits per heavy atom. The summed E-state index contributed by atoms with van der Waals surface area (Å²) in [6.07, 6.45) is 0. The van der Waals surface area contributed by atoms with Crippen LogP contribution in [0.5, 0.6) is 11.5 Å². The molecule has 0 N–H and O–H groups in total. The summed E-state index contributed by atoms with van der Waals surface area (Å²) in [6, 6.07) is 14.6. The summed E-state index contributed by atoms with van der Waals surface area (Å²) in [5, 5.41) is 0. The molecule has 0 spiro atoms. The van der Waals surface area contributed by atoms with Gasteiger partial charge in [-0.25, -0.2) is 8.42 Å². The fourth-order valence-electron chi connectivity index (χ4n) is 3.14. The van der Waals surface area contributed by atoms with Gasteiger partial charge in [-0.05, 0) is 50.2 Å². The SMILES string of the molecule is CCOc1ccc(OCCN2CCN(S(=O)(=O)c3ccc(C)cc3)CC2)cc1. The predicted octanol–water partition coefficient (Wildman–Crippen LogP) is 2.78. The minimum absolute atomic E-state index is 0.366. The van der Waals surface area contributed by atoms with Gasteiger partial charge in [0.1, 0.15) is 18.1 Å². The zero-order chi connectivity index (χ0) is 20.0. The van der Waals surface area contributed by atoms with E-state index >= 15 is 0 Å². The van der Waals surface area contributed by atoms with Crippen LogP contribution in [0.15, 0.2) is 53.4 Å². The number of piperazine rings is 1. The van der Waals surface area contributed by atoms with Crippen molar-refractivity contribution < 1.29 is 17.9 Å². The maximum atomic E-state index is 12.8. The Kier molecular flexibility index (Phi) is 6.93. The standard InChI is InChI=1S/C21H28N2O4S/c1-3-26-19-6-8-20(9-7-19)27-17-16-22-12-14-23(15-13-22)28(24,25)21-10-4-18(2)5-11-21/h4-11H,3,12-17H2,1-2H3. The molecule has 7 heteroatoms. The largest absolute Gasteiger partial charge is 0.494 e. The summed E-state index contributed by atoms with van der Waals surface area (Å²) in [4.78, 5) is 2.60. The first-order valence-corrected chi connectivity index (χ1v) is 11.1. The Labute approximate surface area is 167 Å². The highest BCUT2D eigenvalue weighted by molar-refractivity contribution is 7.89. The molecule has 2 aromatic carbocycles. The quantitative estimate of drug-likeness (QED) is 0.677. The normalized spacial score (nSPS) is 16.1. The Morgan fingerprint density at radius 2 is 1.43 bits per heavy atom. The molecule has 0 amide bonds. The van der Waals surface area contributed by atoms with E-state index in [1.807, 2.05) is 50.2 Å². The lowest BCUT2D eigenvalue weighted by molar-refractivity contribution is 0.159. The molecule has 3 rings (SSSR count). The summed E-state index contributed by atoms with van der Waals surface area (Å²) in [5.74, 6) is 1.64. The number of hydrogen-bond acceptors (Lipinski definition) is 5. The second kappa shape index (κ2) is 9.41. The predicted molar refractivity (Wildman–Crippen MR) is 109 cm³/mol. The smallest absolute Gasteiger partial charge is 0.243 e. The average Bonchev–Trinajstić information content (AvgIpc) is 2.70. The van der Waals surface area contributed by atoms with Gasteiger partial charge in [0.25, 0.3) is 0 Å². The molecule has 1 aliphatic rings. The molecule has 0 atom stereocenters. The lowest BCUT2D eigenvalue weighted by atomic mass is 10.2. The molecular weight excluding hydrogens is 376 g/mol. The molecule has 6 nitrogen and oxygen atoms in total. The average molecular weight is 405 g/mol. The summed E-state index contributed by atoms with van der Waals surface area (Å²) in [7, 11) is -3.41. The second-order valence-corrected chi connectivity index (χ2v) is 8.75. The number of aryl methyl sites for hydroxylation is 1. The highest BCUT2D eigenvalue weighted by Crippen LogP contribution is 2.19. The molecule has 28 heavy (non-hydrogen) atoms. The molecule has 152 valence electrons. The summed E-state index contributed by atoms with van der Waals surface area (Å²) in [6.45, 7) is 8.30. The van der Waals surface area contributed by atoms with E-state index in [1.165, 1.54) is 0 Å². The van der Waals surface area contributed by atoms with Crippen molar-refractivity contribution in [3.8, 4) is 11.5 Å². The Balaban J connectivity index is 1.44. The summed E-state index contributed by atoms with van der Waals surface area (Å²) < 4.78 is 38.3. The highest BCUT2D eigenvalue weighted by atomic mass is 32.2. The number of benzene rings is 2. The van der Waals surface area contributed by atoms with Crippen LogP contribution in [0.4, 0.5) is 0 Å². The van der Waals surface area contributed by atoms with Gasteiger partial charge in [-0.1, -0.05) is 17.7 Å². The maximum Gasteiger partial charge on any atom is 0.243 e. The Bertz CT molecular complexity index is 843. The molecule has 0 aromatic heterocycles. The third kappa shape index (κ3) is 5.25. The van der Waals surface area contributed by atoms with Gasteiger partial charge >= 0.3 is 0 Å². The molecule has 2 aromatic rings. The number of ether oxygens (including phenoxy) is 2. The summed E-state index contributed by atoms with van der Waals surface area (Å²) >= 11 is 0. The van der Waals surface area contributed by atoms with Crippen LogP contribution in [0, 0.1) is 6.92 Å². The van der Waals surface area contributed by atoms with E-state index in [0.717, 1.165) is 23.6 Å². The van der Waals surface area contributed by atoms with Crippen molar-refractivity contribution in [2.24, 2.45) is 0 Å². The van der Waals surface area contributed by atoms with Crippen LogP contribution >= 0.6 is 0 Å². The van der Waals surface area contributed by atoms with Gasteiger partial charge in [0.2, 0.25) is 10.0 Å². The van der Waals surface area contributed by atoms with E-state index < -0.39 is 10.0 Å². The minimum Gasteiger partial charge on any atom is -0.494 e. The molecule has 0 bridgehead atoms. The van der Waals surface area contributed by atoms with E-state index in [1.54, 1.807) is 16.4 Å². The van der Waals surface area contributed by atoms with Crippen LogP contribution in [0.25, 0.3) is 0 Å². The van der Waals surface area contributed by atoms with Crippen LogP contribution in [0.2, 0.25) is 0 Å². The molecule has 0 saturated carbocycles. The van der Waals surface area contributed by atoms with E-state index in [0.29, 0.717) is 44.3 Å². The molecule has 1 heterocycles. The fraction of sp³-hybridized carbons (Fsp3) is 0.429. The lowest BCUT2D eigenvalue weighted by Crippen LogP contribution is -2.49. The number of rotatable bonds is 8. The zero-order valence-electron chi connectivity index (χ0n) is 16.5. The monoisotopic (exact) mass is 404 g/mol. The molecule has 0 aliphatic carbocycles. The van der Waals surface area contributed by atoms with Crippen LogP contribution in [0.1, 0.15) is 12.5 Å². The molecule has 0 radical (unpaired) electrons. The van der Waals surface area contributed by atoms with Crippen molar-refractivity contribution in [2.45, 2.75) is 18.7 Å². The second-order valence-electron chi connectivity index (χ2n) is 6.81.